The van der Waals surface area contributed by atoms with E-state index in [1.165, 1.54) is 24.3 Å². The fourth-order valence-electron chi connectivity index (χ4n) is 4.40. The molecule has 15 heteroatoms. The predicted octanol–water partition coefficient (Wildman–Crippen LogP) is 2.72. The van der Waals surface area contributed by atoms with Crippen molar-refractivity contribution in [2.75, 3.05) is 24.2 Å². The average molecular weight is 583 g/mol. The fraction of sp³-hybridized carbons (Fsp3) is 0.444. The topological polar surface area (TPSA) is 188 Å². The summed E-state index contributed by atoms with van der Waals surface area (Å²) in [6.45, 7) is 3.62. The quantitative estimate of drug-likeness (QED) is 0.245. The van der Waals surface area contributed by atoms with Gasteiger partial charge in [0.05, 0.1) is 6.33 Å². The summed E-state index contributed by atoms with van der Waals surface area (Å²) in [6, 6.07) is 7.87. The van der Waals surface area contributed by atoms with E-state index in [2.05, 4.69) is 36.2 Å². The number of anilines is 2. The average Bonchev–Trinajstić information content (AvgIpc) is 3.54. The monoisotopic (exact) mass is 582 g/mol. The Kier molecular flexibility index (Phi) is 10.2. The lowest BCUT2D eigenvalue weighted by atomic mass is 10.1. The van der Waals surface area contributed by atoms with Crippen molar-refractivity contribution >= 4 is 46.7 Å². The van der Waals surface area contributed by atoms with E-state index in [1.807, 2.05) is 19.9 Å². The number of benzene rings is 1. The zero-order valence-corrected chi connectivity index (χ0v) is 23.5. The van der Waals surface area contributed by atoms with Gasteiger partial charge in [-0.1, -0.05) is 32.0 Å². The molecule has 2 aromatic heterocycles. The number of nitrogens with zero attached hydrogens (tertiary/aromatic N) is 4. The number of carbonyl (C=O) groups is 4. The van der Waals surface area contributed by atoms with Crippen molar-refractivity contribution in [1.82, 2.24) is 30.2 Å². The van der Waals surface area contributed by atoms with Gasteiger partial charge in [0.2, 0.25) is 0 Å². The summed E-state index contributed by atoms with van der Waals surface area (Å²) < 4.78 is 19.3. The summed E-state index contributed by atoms with van der Waals surface area (Å²) in [7, 11) is 1.46. The number of carbonyl (C=O) groups excluding carboxylic acids is 4. The molecule has 224 valence electrons. The molecule has 0 bridgehead atoms. The summed E-state index contributed by atoms with van der Waals surface area (Å²) >= 11 is 0. The van der Waals surface area contributed by atoms with E-state index >= 15 is 0 Å². The van der Waals surface area contributed by atoms with Gasteiger partial charge in [0, 0.05) is 32.1 Å². The molecule has 4 atom stereocenters. The Balaban J connectivity index is 1.65. The van der Waals surface area contributed by atoms with Gasteiger partial charge in [0.1, 0.15) is 12.4 Å². The second-order valence-electron chi connectivity index (χ2n) is 9.43. The SMILES string of the molecule is CCCC(=O)O[C@@H]1[C@H](OC(=O)CCC)[C@@H](CNC(=O)NC)O[C@H]1n1cnc2c(NC(=O)Nc3ccccc3)ncnc21. The zero-order chi connectivity index (χ0) is 30.1. The number of rotatable bonds is 11. The number of ether oxygens (including phenoxy) is 3. The van der Waals surface area contributed by atoms with Crippen LogP contribution in [0, 0.1) is 0 Å². The van der Waals surface area contributed by atoms with Crippen LogP contribution >= 0.6 is 0 Å². The van der Waals surface area contributed by atoms with E-state index in [1.54, 1.807) is 24.3 Å². The molecular formula is C27H34N8O7. The van der Waals surface area contributed by atoms with Crippen LogP contribution in [0.3, 0.4) is 0 Å². The van der Waals surface area contributed by atoms with E-state index in [9.17, 15) is 19.2 Å². The maximum atomic E-state index is 12.7. The molecule has 0 aliphatic carbocycles. The van der Waals surface area contributed by atoms with Gasteiger partial charge < -0.3 is 30.2 Å². The molecule has 4 N–H and O–H groups in total. The standard InChI is InChI=1S/C27H34N8O7/c1-4-9-18(36)41-21-17(13-29-26(38)28-3)40-25(22(21)42-19(37)10-5-2)35-15-32-20-23(30-14-31-24(20)35)34-27(39)33-16-11-7-6-8-12-16/h6-8,11-12,14-15,17,21-22,25H,4-5,9-10,13H2,1-3H3,(H2,28,29,38)(H2,30,31,33,34,39)/t17-,21-,22-,25-/m1/s1. The molecule has 1 saturated heterocycles. The first kappa shape index (κ1) is 30.2. The molecule has 1 fully saturated rings. The highest BCUT2D eigenvalue weighted by molar-refractivity contribution is 6.02. The molecule has 1 aromatic carbocycles. The van der Waals surface area contributed by atoms with E-state index in [4.69, 9.17) is 14.2 Å². The maximum absolute atomic E-state index is 12.7. The molecule has 0 spiro atoms. The van der Waals surface area contributed by atoms with E-state index in [0.29, 0.717) is 18.5 Å². The number of amides is 4. The van der Waals surface area contributed by atoms with Crippen LogP contribution in [0.15, 0.2) is 43.0 Å². The third-order valence-corrected chi connectivity index (χ3v) is 6.32. The summed E-state index contributed by atoms with van der Waals surface area (Å²) in [5.41, 5.74) is 1.09. The highest BCUT2D eigenvalue weighted by Gasteiger charge is 2.51. The minimum absolute atomic E-state index is 0.0455. The number of hydrogen-bond acceptors (Lipinski definition) is 10. The van der Waals surface area contributed by atoms with Gasteiger partial charge in [-0.05, 0) is 25.0 Å². The minimum atomic E-state index is -1.09. The van der Waals surface area contributed by atoms with E-state index < -0.39 is 48.5 Å². The van der Waals surface area contributed by atoms with Gasteiger partial charge in [-0.25, -0.2) is 24.5 Å². The number of imidazole rings is 1. The molecule has 0 saturated carbocycles. The molecule has 0 unspecified atom stereocenters. The van der Waals surface area contributed by atoms with Gasteiger partial charge in [-0.2, -0.15) is 0 Å². The first-order valence-corrected chi connectivity index (χ1v) is 13.6. The van der Waals surface area contributed by atoms with Gasteiger partial charge in [0.15, 0.2) is 35.4 Å². The van der Waals surface area contributed by atoms with Crippen LogP contribution in [0.25, 0.3) is 11.2 Å². The van der Waals surface area contributed by atoms with Crippen molar-refractivity contribution in [3.63, 3.8) is 0 Å². The van der Waals surface area contributed by atoms with Crippen LogP contribution in [-0.4, -0.2) is 75.4 Å². The molecule has 42 heavy (non-hydrogen) atoms. The third kappa shape index (κ3) is 7.28. The van der Waals surface area contributed by atoms with Gasteiger partial charge in [0.25, 0.3) is 0 Å². The zero-order valence-electron chi connectivity index (χ0n) is 23.5. The summed E-state index contributed by atoms with van der Waals surface area (Å²) in [5, 5.41) is 10.5. The van der Waals surface area contributed by atoms with Crippen LogP contribution in [0.1, 0.15) is 45.8 Å². The third-order valence-electron chi connectivity index (χ3n) is 6.32. The second kappa shape index (κ2) is 14.2. The molecule has 4 amide bonds. The smallest absolute Gasteiger partial charge is 0.324 e. The van der Waals surface area contributed by atoms with Crippen molar-refractivity contribution in [2.45, 2.75) is 64.1 Å². The van der Waals surface area contributed by atoms with Gasteiger partial charge >= 0.3 is 24.0 Å². The lowest BCUT2D eigenvalue weighted by Crippen LogP contribution is -2.45. The molecule has 3 heterocycles. The lowest BCUT2D eigenvalue weighted by Gasteiger charge is -2.25. The summed E-state index contributed by atoms with van der Waals surface area (Å²) in [5.74, 6) is -0.873. The lowest BCUT2D eigenvalue weighted by molar-refractivity contribution is -0.168. The fourth-order valence-corrected chi connectivity index (χ4v) is 4.40. The van der Waals surface area contributed by atoms with Crippen LogP contribution < -0.4 is 21.3 Å². The number of aromatic nitrogens is 4. The normalized spacial score (nSPS) is 19.6. The summed E-state index contributed by atoms with van der Waals surface area (Å²) in [6.07, 6.45) is -0.0142. The maximum Gasteiger partial charge on any atom is 0.324 e. The van der Waals surface area contributed by atoms with Crippen LogP contribution in [-0.2, 0) is 23.8 Å². The van der Waals surface area contributed by atoms with Crippen LogP contribution in [0.4, 0.5) is 21.1 Å². The molecule has 1 aliphatic heterocycles. The number of esters is 2. The number of para-hydroxylation sites is 1. The van der Waals surface area contributed by atoms with Gasteiger partial charge in [-0.15, -0.1) is 0 Å². The van der Waals surface area contributed by atoms with Crippen LogP contribution in [0.2, 0.25) is 0 Å². The Labute approximate surface area is 241 Å². The molecule has 1 aliphatic rings. The highest BCUT2D eigenvalue weighted by atomic mass is 16.6. The van der Waals surface area contributed by atoms with E-state index in [0.717, 1.165) is 0 Å². The number of urea groups is 2. The van der Waals surface area contributed by atoms with Crippen LogP contribution in [0.5, 0.6) is 0 Å². The second-order valence-corrected chi connectivity index (χ2v) is 9.43. The number of hydrogen-bond donors (Lipinski definition) is 4. The molecular weight excluding hydrogens is 548 g/mol. The van der Waals surface area contributed by atoms with Crippen molar-refractivity contribution in [1.29, 1.82) is 0 Å². The highest BCUT2D eigenvalue weighted by Crippen LogP contribution is 2.36. The number of fused-ring (bicyclic) bond motifs is 1. The Hall–Kier alpha value is -4.79. The van der Waals surface area contributed by atoms with Crippen molar-refractivity contribution in [3.05, 3.63) is 43.0 Å². The molecule has 15 nitrogen and oxygen atoms in total. The van der Waals surface area contributed by atoms with Gasteiger partial charge in [-0.3, -0.25) is 19.5 Å². The minimum Gasteiger partial charge on any atom is -0.455 e. The largest absolute Gasteiger partial charge is 0.455 e. The first-order chi connectivity index (χ1) is 20.3. The summed E-state index contributed by atoms with van der Waals surface area (Å²) in [4.78, 5) is 62.7. The van der Waals surface area contributed by atoms with Crippen molar-refractivity contribution < 1.29 is 33.4 Å². The Morgan fingerprint density at radius 2 is 1.60 bits per heavy atom. The van der Waals surface area contributed by atoms with E-state index in [-0.39, 0.29) is 36.4 Å². The first-order valence-electron chi connectivity index (χ1n) is 13.6. The molecule has 3 aromatic rings. The number of nitrogens with one attached hydrogen (secondary N) is 4. The molecule has 4 rings (SSSR count). The Morgan fingerprint density at radius 3 is 2.26 bits per heavy atom. The Morgan fingerprint density at radius 1 is 0.905 bits per heavy atom. The Bertz CT molecular complexity index is 1400. The molecule has 0 radical (unpaired) electrons. The van der Waals surface area contributed by atoms with Crippen molar-refractivity contribution in [2.24, 2.45) is 0 Å². The predicted molar refractivity (Wildman–Crippen MR) is 150 cm³/mol. The van der Waals surface area contributed by atoms with Crippen molar-refractivity contribution in [3.8, 4) is 0 Å².